The number of Topliss-reactive ketones (excluding diaryl/α,β-unsaturated/α-hetero) is 1. The summed E-state index contributed by atoms with van der Waals surface area (Å²) in [7, 11) is 0. The van der Waals surface area contributed by atoms with Gasteiger partial charge in [-0.15, -0.1) is 0 Å². The molecule has 1 aromatic carbocycles. The zero-order valence-corrected chi connectivity index (χ0v) is 38.5. The number of ketones is 1. The van der Waals surface area contributed by atoms with Gasteiger partial charge in [0.15, 0.2) is 5.78 Å². The number of piperidine rings is 4. The van der Waals surface area contributed by atoms with Crippen LogP contribution in [0.25, 0.3) is 0 Å². The first kappa shape index (κ1) is 48.0. The Labute approximate surface area is 356 Å². The highest BCUT2D eigenvalue weighted by molar-refractivity contribution is 6.12. The quantitative estimate of drug-likeness (QED) is 0.107. The molecule has 0 aliphatic carbocycles. The highest BCUT2D eigenvalue weighted by Gasteiger charge is 2.50. The molecule has 0 radical (unpaired) electrons. The highest BCUT2D eigenvalue weighted by atomic mass is 16.6. The van der Waals surface area contributed by atoms with Gasteiger partial charge in [-0.1, -0.05) is 0 Å². The van der Waals surface area contributed by atoms with E-state index in [0.717, 1.165) is 0 Å². The SMILES string of the molecule is CC1(C)CC(CC(=O)c2cc(C(=O)OC3CC(C)(C)N(O)C(C)(C)C3)c(C(=O)OC3CC(C)(C)N(O)C(C)(C)C3)cc2C(=O)OC2CC(C)(C)N(O)C(C)(C)C2)CCN1O. The summed E-state index contributed by atoms with van der Waals surface area (Å²) < 4.78 is 18.4. The molecule has 4 N–H and O–H groups in total. The molecule has 1 aromatic rings. The van der Waals surface area contributed by atoms with Gasteiger partial charge in [-0.3, -0.25) is 4.79 Å². The van der Waals surface area contributed by atoms with Crippen LogP contribution < -0.4 is 0 Å². The van der Waals surface area contributed by atoms with E-state index in [4.69, 9.17) is 14.2 Å². The number of hydrogen-bond acceptors (Lipinski definition) is 15. The van der Waals surface area contributed by atoms with Gasteiger partial charge in [0.05, 0.1) is 16.7 Å². The van der Waals surface area contributed by atoms with E-state index in [1.54, 1.807) is 0 Å². The topological polar surface area (TPSA) is 190 Å². The van der Waals surface area contributed by atoms with E-state index in [9.17, 15) is 40.0 Å². The number of benzene rings is 1. The van der Waals surface area contributed by atoms with Gasteiger partial charge in [0.1, 0.15) is 18.3 Å². The summed E-state index contributed by atoms with van der Waals surface area (Å²) in [5.41, 5.74) is -6.03. The number of nitrogens with zero attached hydrogens (tertiary/aromatic N) is 4. The molecule has 1 atom stereocenters. The number of esters is 3. The fourth-order valence-corrected chi connectivity index (χ4v) is 10.8. The van der Waals surface area contributed by atoms with Crippen LogP contribution in [0.4, 0.5) is 0 Å². The molecule has 4 aliphatic rings. The summed E-state index contributed by atoms with van der Waals surface area (Å²) in [4.78, 5) is 58.1. The third kappa shape index (κ3) is 9.94. The molecular formula is C45H72N4O11. The van der Waals surface area contributed by atoms with Crippen LogP contribution in [0, 0.1) is 5.92 Å². The number of hydroxylamine groups is 8. The van der Waals surface area contributed by atoms with Crippen molar-refractivity contribution >= 4 is 23.7 Å². The fraction of sp³-hybridized carbons (Fsp3) is 0.778. The summed E-state index contributed by atoms with van der Waals surface area (Å²) in [6, 6.07) is 2.48. The molecule has 0 aromatic heterocycles. The summed E-state index contributed by atoms with van der Waals surface area (Å²) >= 11 is 0. The molecule has 5 rings (SSSR count). The lowest BCUT2D eigenvalue weighted by Crippen LogP contribution is -2.60. The van der Waals surface area contributed by atoms with Crippen molar-refractivity contribution in [2.75, 3.05) is 6.54 Å². The van der Waals surface area contributed by atoms with Crippen molar-refractivity contribution in [1.29, 1.82) is 0 Å². The Balaban J connectivity index is 1.60. The van der Waals surface area contributed by atoms with Crippen molar-refractivity contribution in [3.05, 3.63) is 34.4 Å². The van der Waals surface area contributed by atoms with Crippen LogP contribution in [0.15, 0.2) is 12.1 Å². The van der Waals surface area contributed by atoms with Crippen LogP contribution in [-0.4, -0.2) is 128 Å². The summed E-state index contributed by atoms with van der Waals surface area (Å²) in [6.45, 7) is 26.2. The number of carbonyl (C=O) groups is 4. The molecule has 4 heterocycles. The fourth-order valence-electron chi connectivity index (χ4n) is 10.8. The Morgan fingerprint density at radius 1 is 0.483 bits per heavy atom. The van der Waals surface area contributed by atoms with Crippen LogP contribution in [0.5, 0.6) is 0 Å². The minimum Gasteiger partial charge on any atom is -0.459 e. The van der Waals surface area contributed by atoms with Gasteiger partial charge >= 0.3 is 17.9 Å². The lowest BCUT2D eigenvalue weighted by atomic mass is 9.79. The summed E-state index contributed by atoms with van der Waals surface area (Å²) in [5.74, 6) is -3.26. The molecule has 4 saturated heterocycles. The molecule has 0 spiro atoms. The minimum atomic E-state index is -0.906. The average Bonchev–Trinajstić information content (AvgIpc) is 3.08. The van der Waals surface area contributed by atoms with Gasteiger partial charge in [-0.25, -0.2) is 14.4 Å². The molecule has 15 nitrogen and oxygen atoms in total. The van der Waals surface area contributed by atoms with Crippen LogP contribution in [0.1, 0.15) is 196 Å². The van der Waals surface area contributed by atoms with Gasteiger partial charge in [0.25, 0.3) is 0 Å². The van der Waals surface area contributed by atoms with E-state index in [1.165, 1.54) is 32.4 Å². The second-order valence-electron chi connectivity index (χ2n) is 22.5. The maximum absolute atomic E-state index is 14.6. The zero-order chi connectivity index (χ0) is 45.3. The molecule has 60 heavy (non-hydrogen) atoms. The third-order valence-corrected chi connectivity index (χ3v) is 13.5. The smallest absolute Gasteiger partial charge is 0.339 e. The van der Waals surface area contributed by atoms with E-state index in [1.807, 2.05) is 96.9 Å². The molecule has 1 unspecified atom stereocenters. The second-order valence-corrected chi connectivity index (χ2v) is 22.5. The number of carbonyl (C=O) groups excluding carboxylic acids is 4. The summed E-state index contributed by atoms with van der Waals surface area (Å²) in [6.07, 6.45) is 0.637. The van der Waals surface area contributed by atoms with Gasteiger partial charge in [0.2, 0.25) is 0 Å². The molecule has 4 fully saturated rings. The molecular weight excluding hydrogens is 773 g/mol. The number of hydrogen-bond donors (Lipinski definition) is 4. The zero-order valence-electron chi connectivity index (χ0n) is 38.5. The van der Waals surface area contributed by atoms with Gasteiger partial charge in [0, 0.05) is 95.8 Å². The molecule has 0 amide bonds. The van der Waals surface area contributed by atoms with Crippen molar-refractivity contribution in [3.8, 4) is 0 Å². The van der Waals surface area contributed by atoms with Crippen molar-refractivity contribution in [3.63, 3.8) is 0 Å². The third-order valence-electron chi connectivity index (χ3n) is 13.5. The van der Waals surface area contributed by atoms with E-state index in [2.05, 4.69) is 0 Å². The predicted molar refractivity (Wildman–Crippen MR) is 221 cm³/mol. The number of rotatable bonds is 9. The van der Waals surface area contributed by atoms with E-state index < -0.39 is 80.8 Å². The lowest BCUT2D eigenvalue weighted by molar-refractivity contribution is -0.257. The Morgan fingerprint density at radius 3 is 1.07 bits per heavy atom. The second kappa shape index (κ2) is 16.3. The standard InChI is InChI=1S/C45H72N4O11/c1-39(2)20-27(15-16-46(39)54)17-35(50)31-18-33(37(52)59-29-23-42(7,8)48(56)43(9,10)24-29)34(38(53)60-30-25-44(11,12)49(57)45(13,14)26-30)19-32(31)36(51)58-28-21-40(3,4)47(55)41(5,6)22-28/h18-19,27-30,54-57H,15-17,20-26H2,1-14H3. The first-order chi connectivity index (χ1) is 27.2. The predicted octanol–water partition coefficient (Wildman–Crippen LogP) is 7.84. The molecule has 0 bridgehead atoms. The molecule has 338 valence electrons. The lowest BCUT2D eigenvalue weighted by Gasteiger charge is -2.51. The minimum absolute atomic E-state index is 0.0000313. The largest absolute Gasteiger partial charge is 0.459 e. The van der Waals surface area contributed by atoms with Crippen LogP contribution in [0.2, 0.25) is 0 Å². The number of ether oxygens (including phenoxy) is 3. The van der Waals surface area contributed by atoms with E-state index in [0.29, 0.717) is 19.4 Å². The Bertz CT molecular complexity index is 1780. The highest BCUT2D eigenvalue weighted by Crippen LogP contribution is 2.42. The molecule has 15 heteroatoms. The summed E-state index contributed by atoms with van der Waals surface area (Å²) in [5, 5.41) is 48.4. The maximum atomic E-state index is 14.6. The van der Waals surface area contributed by atoms with Gasteiger partial charge in [-0.05, 0) is 128 Å². The average molecular weight is 845 g/mol. The van der Waals surface area contributed by atoms with E-state index in [-0.39, 0.29) is 73.1 Å². The van der Waals surface area contributed by atoms with Crippen LogP contribution >= 0.6 is 0 Å². The molecule has 0 saturated carbocycles. The van der Waals surface area contributed by atoms with Gasteiger partial charge < -0.3 is 35.0 Å². The van der Waals surface area contributed by atoms with E-state index >= 15 is 0 Å². The Hall–Kier alpha value is -3.02. The van der Waals surface area contributed by atoms with Crippen molar-refractivity contribution in [2.24, 2.45) is 5.92 Å². The van der Waals surface area contributed by atoms with Crippen LogP contribution in [0.3, 0.4) is 0 Å². The van der Waals surface area contributed by atoms with Gasteiger partial charge in [-0.2, -0.15) is 20.3 Å². The molecule has 4 aliphatic heterocycles. The monoisotopic (exact) mass is 845 g/mol. The van der Waals surface area contributed by atoms with Crippen LogP contribution in [-0.2, 0) is 14.2 Å². The first-order valence-electron chi connectivity index (χ1n) is 21.5. The van der Waals surface area contributed by atoms with Crippen molar-refractivity contribution in [1.82, 2.24) is 20.3 Å². The normalized spacial score (nSPS) is 27.2. The first-order valence-corrected chi connectivity index (χ1v) is 21.5. The van der Waals surface area contributed by atoms with Crippen molar-refractivity contribution < 1.29 is 54.2 Å². The maximum Gasteiger partial charge on any atom is 0.339 e. The van der Waals surface area contributed by atoms with Crippen molar-refractivity contribution in [2.45, 2.75) is 212 Å². The Kier molecular flexibility index (Phi) is 13.0. The Morgan fingerprint density at radius 2 is 0.767 bits per heavy atom.